The Hall–Kier alpha value is -1.34. The van der Waals surface area contributed by atoms with E-state index in [1.165, 1.54) is 5.56 Å². The van der Waals surface area contributed by atoms with Crippen LogP contribution in [0.2, 0.25) is 0 Å². The van der Waals surface area contributed by atoms with Crippen LogP contribution in [0.1, 0.15) is 18.5 Å². The largest absolute Gasteiger partial charge is 0.497 e. The van der Waals surface area contributed by atoms with Crippen molar-refractivity contribution in [3.05, 3.63) is 23.8 Å². The van der Waals surface area contributed by atoms with E-state index >= 15 is 0 Å². The van der Waals surface area contributed by atoms with E-state index in [1.807, 2.05) is 12.1 Å². The van der Waals surface area contributed by atoms with Crippen molar-refractivity contribution >= 4 is 0 Å². The highest BCUT2D eigenvalue weighted by molar-refractivity contribution is 5.42. The maximum atomic E-state index is 5.69. The van der Waals surface area contributed by atoms with Crippen molar-refractivity contribution in [2.45, 2.75) is 19.0 Å². The third-order valence-electron chi connectivity index (χ3n) is 5.17. The van der Waals surface area contributed by atoms with Gasteiger partial charge in [0.1, 0.15) is 11.5 Å². The zero-order chi connectivity index (χ0) is 17.6. The predicted octanol–water partition coefficient (Wildman–Crippen LogP) is 1.37. The molecular weight excluding hydrogens is 318 g/mol. The maximum Gasteiger partial charge on any atom is 0.123 e. The van der Waals surface area contributed by atoms with Crippen LogP contribution in [0.5, 0.6) is 11.5 Å². The van der Waals surface area contributed by atoms with E-state index in [1.54, 1.807) is 14.2 Å². The van der Waals surface area contributed by atoms with Crippen molar-refractivity contribution in [2.75, 3.05) is 66.7 Å². The van der Waals surface area contributed by atoms with Crippen molar-refractivity contribution in [3.63, 3.8) is 0 Å². The van der Waals surface area contributed by atoms with Gasteiger partial charge in [0.15, 0.2) is 0 Å². The van der Waals surface area contributed by atoms with Gasteiger partial charge in [-0.2, -0.15) is 0 Å². The van der Waals surface area contributed by atoms with E-state index in [9.17, 15) is 0 Å². The minimum Gasteiger partial charge on any atom is -0.497 e. The summed E-state index contributed by atoms with van der Waals surface area (Å²) in [5, 5.41) is 3.54. The highest BCUT2D eigenvalue weighted by Crippen LogP contribution is 2.34. The summed E-state index contributed by atoms with van der Waals surface area (Å²) >= 11 is 0. The Morgan fingerprint density at radius 1 is 1.20 bits per heavy atom. The van der Waals surface area contributed by atoms with Gasteiger partial charge >= 0.3 is 0 Å². The topological polar surface area (TPSA) is 46.2 Å². The Morgan fingerprint density at radius 3 is 2.68 bits per heavy atom. The van der Waals surface area contributed by atoms with Crippen molar-refractivity contribution in [2.24, 2.45) is 0 Å². The molecule has 2 unspecified atom stereocenters. The normalized spacial score (nSPS) is 24.0. The first-order valence-electron chi connectivity index (χ1n) is 9.20. The SMILES string of the molecule is COc1ccc(OC)c(C(CN2CCOCC2)N2CCNC(C)C2)c1. The van der Waals surface area contributed by atoms with Crippen LogP contribution in [0.3, 0.4) is 0 Å². The van der Waals surface area contributed by atoms with Gasteiger partial charge in [-0.3, -0.25) is 9.80 Å². The molecule has 0 radical (unpaired) electrons. The first kappa shape index (κ1) is 18.5. The van der Waals surface area contributed by atoms with Crippen LogP contribution in [0.15, 0.2) is 18.2 Å². The van der Waals surface area contributed by atoms with Gasteiger partial charge in [0.2, 0.25) is 0 Å². The van der Waals surface area contributed by atoms with E-state index < -0.39 is 0 Å². The summed E-state index contributed by atoms with van der Waals surface area (Å²) in [6, 6.07) is 6.90. The summed E-state index contributed by atoms with van der Waals surface area (Å²) in [7, 11) is 3.47. The van der Waals surface area contributed by atoms with E-state index in [2.05, 4.69) is 28.1 Å². The van der Waals surface area contributed by atoms with E-state index in [4.69, 9.17) is 14.2 Å². The summed E-state index contributed by atoms with van der Waals surface area (Å²) in [4.78, 5) is 5.08. The minimum absolute atomic E-state index is 0.285. The Balaban J connectivity index is 1.89. The van der Waals surface area contributed by atoms with Gasteiger partial charge < -0.3 is 19.5 Å². The smallest absolute Gasteiger partial charge is 0.123 e. The summed E-state index contributed by atoms with van der Waals surface area (Å²) in [6.45, 7) is 9.96. The van der Waals surface area contributed by atoms with Crippen LogP contribution < -0.4 is 14.8 Å². The first-order valence-corrected chi connectivity index (χ1v) is 9.20. The summed E-state index contributed by atoms with van der Waals surface area (Å²) in [5.74, 6) is 1.82. The van der Waals surface area contributed by atoms with Gasteiger partial charge in [-0.15, -0.1) is 0 Å². The van der Waals surface area contributed by atoms with Crippen LogP contribution >= 0.6 is 0 Å². The molecule has 6 heteroatoms. The number of hydrogen-bond acceptors (Lipinski definition) is 6. The molecule has 0 amide bonds. The molecule has 1 aromatic rings. The molecule has 25 heavy (non-hydrogen) atoms. The number of benzene rings is 1. The molecule has 6 nitrogen and oxygen atoms in total. The average Bonchev–Trinajstić information content (AvgIpc) is 2.66. The first-order chi connectivity index (χ1) is 12.2. The highest BCUT2D eigenvalue weighted by Gasteiger charge is 2.29. The van der Waals surface area contributed by atoms with E-state index in [-0.39, 0.29) is 6.04 Å². The Labute approximate surface area is 151 Å². The number of nitrogens with one attached hydrogen (secondary N) is 1. The molecule has 1 aromatic carbocycles. The molecule has 2 aliphatic heterocycles. The third kappa shape index (κ3) is 4.64. The Kier molecular flexibility index (Phi) is 6.53. The fourth-order valence-electron chi connectivity index (χ4n) is 3.78. The third-order valence-corrected chi connectivity index (χ3v) is 5.17. The quantitative estimate of drug-likeness (QED) is 0.837. The molecule has 0 aliphatic carbocycles. The monoisotopic (exact) mass is 349 g/mol. The zero-order valence-corrected chi connectivity index (χ0v) is 15.7. The standard InChI is InChI=1S/C19H31N3O3/c1-15-13-22(7-6-20-15)18(14-21-8-10-25-11-9-21)17-12-16(23-2)4-5-19(17)24-3/h4-5,12,15,18,20H,6-11,13-14H2,1-3H3. The average molecular weight is 349 g/mol. The van der Waals surface area contributed by atoms with Crippen molar-refractivity contribution in [3.8, 4) is 11.5 Å². The zero-order valence-electron chi connectivity index (χ0n) is 15.7. The fraction of sp³-hybridized carbons (Fsp3) is 0.684. The second-order valence-electron chi connectivity index (χ2n) is 6.89. The lowest BCUT2D eigenvalue weighted by Gasteiger charge is -2.41. The minimum atomic E-state index is 0.285. The van der Waals surface area contributed by atoms with Crippen LogP contribution in [0.25, 0.3) is 0 Å². The summed E-state index contributed by atoms with van der Waals surface area (Å²) in [6.07, 6.45) is 0. The number of nitrogens with zero attached hydrogens (tertiary/aromatic N) is 2. The number of hydrogen-bond donors (Lipinski definition) is 1. The van der Waals surface area contributed by atoms with E-state index in [0.717, 1.165) is 64.0 Å². The molecule has 1 N–H and O–H groups in total. The molecule has 2 atom stereocenters. The van der Waals surface area contributed by atoms with Gasteiger partial charge in [-0.1, -0.05) is 0 Å². The Morgan fingerprint density at radius 2 is 2.00 bits per heavy atom. The fourth-order valence-corrected chi connectivity index (χ4v) is 3.78. The lowest BCUT2D eigenvalue weighted by Crippen LogP contribution is -2.52. The second kappa shape index (κ2) is 8.85. The molecule has 2 fully saturated rings. The number of piperazine rings is 1. The number of methoxy groups -OCH3 is 2. The molecule has 0 spiro atoms. The van der Waals surface area contributed by atoms with Crippen molar-refractivity contribution in [1.82, 2.24) is 15.1 Å². The van der Waals surface area contributed by atoms with Crippen molar-refractivity contribution in [1.29, 1.82) is 0 Å². The molecular formula is C19H31N3O3. The van der Waals surface area contributed by atoms with Gasteiger partial charge in [-0.05, 0) is 25.1 Å². The highest BCUT2D eigenvalue weighted by atomic mass is 16.5. The number of rotatable bonds is 6. The second-order valence-corrected chi connectivity index (χ2v) is 6.89. The Bertz CT molecular complexity index is 549. The van der Waals surface area contributed by atoms with Crippen LogP contribution in [-0.2, 0) is 4.74 Å². The molecule has 0 aromatic heterocycles. The molecule has 0 saturated carbocycles. The van der Waals surface area contributed by atoms with Gasteiger partial charge in [-0.25, -0.2) is 0 Å². The molecule has 2 saturated heterocycles. The molecule has 140 valence electrons. The molecule has 2 aliphatic rings. The molecule has 3 rings (SSSR count). The molecule has 2 heterocycles. The molecule has 0 bridgehead atoms. The van der Waals surface area contributed by atoms with Gasteiger partial charge in [0.05, 0.1) is 33.5 Å². The van der Waals surface area contributed by atoms with Crippen LogP contribution in [-0.4, -0.2) is 82.5 Å². The maximum absolute atomic E-state index is 5.69. The van der Waals surface area contributed by atoms with Crippen molar-refractivity contribution < 1.29 is 14.2 Å². The summed E-state index contributed by atoms with van der Waals surface area (Å²) in [5.41, 5.74) is 1.21. The number of ether oxygens (including phenoxy) is 3. The lowest BCUT2D eigenvalue weighted by atomic mass is 10.0. The van der Waals surface area contributed by atoms with Crippen LogP contribution in [0, 0.1) is 0 Å². The summed E-state index contributed by atoms with van der Waals surface area (Å²) < 4.78 is 16.7. The number of morpholine rings is 1. The lowest BCUT2D eigenvalue weighted by molar-refractivity contribution is 0.0184. The van der Waals surface area contributed by atoms with Gasteiger partial charge in [0.25, 0.3) is 0 Å². The van der Waals surface area contributed by atoms with E-state index in [0.29, 0.717) is 6.04 Å². The van der Waals surface area contributed by atoms with Gasteiger partial charge in [0, 0.05) is 50.9 Å². The van der Waals surface area contributed by atoms with Crippen LogP contribution in [0.4, 0.5) is 0 Å². The predicted molar refractivity (Wildman–Crippen MR) is 98.6 cm³/mol.